The molecule has 2 unspecified atom stereocenters. The average molecular weight is 1080 g/mol. The number of hydrogen-bond acceptors (Lipinski definition) is 8. The van der Waals surface area contributed by atoms with Gasteiger partial charge in [0.05, 0.1) is 0 Å². The van der Waals surface area contributed by atoms with Crippen LogP contribution in [0.15, 0.2) is 170 Å². The molecule has 77 heavy (non-hydrogen) atoms. The van der Waals surface area contributed by atoms with Gasteiger partial charge in [-0.3, -0.25) is 9.59 Å². The minimum Gasteiger partial charge on any atom is -0.446 e. The van der Waals surface area contributed by atoms with Gasteiger partial charge in [0.15, 0.2) is 0 Å². The van der Waals surface area contributed by atoms with E-state index < -0.39 is 34.0 Å². The second kappa shape index (κ2) is 22.9. The molecule has 13 heteroatoms. The average Bonchev–Trinajstić information content (AvgIpc) is 3.94. The van der Waals surface area contributed by atoms with Crippen molar-refractivity contribution in [2.75, 3.05) is 52.4 Å². The third kappa shape index (κ3) is 10.3. The number of carbonyl (C=O) groups excluding carboxylic acids is 4. The Morgan fingerprint density at radius 1 is 0.455 bits per heavy atom. The van der Waals surface area contributed by atoms with E-state index in [4.69, 9.17) is 32.7 Å². The second-order valence-corrected chi connectivity index (χ2v) is 22.8. The molecule has 0 aromatic heterocycles. The van der Waals surface area contributed by atoms with E-state index in [0.29, 0.717) is 88.1 Å². The number of rotatable bonds is 14. The Labute approximate surface area is 463 Å². The van der Waals surface area contributed by atoms with E-state index in [1.54, 1.807) is 24.3 Å². The number of carbonyl (C=O) groups is 4. The van der Waals surface area contributed by atoms with E-state index in [0.717, 1.165) is 33.4 Å². The van der Waals surface area contributed by atoms with E-state index in [9.17, 15) is 19.2 Å². The van der Waals surface area contributed by atoms with Gasteiger partial charge in [0, 0.05) is 112 Å². The SMILES string of the molecule is CC(C)N1CC(CN2CCC(OC(=O)C(=O)OC3(c4ccc(Cl)cc4)CCN(CC4CN(C(C)C)C(=O)C4(c4ccccc4)c4ccccc4)CC3)(c3ccc(Cl)cc3)CC2)C(c2ccccc2)(c2ccccc2)C1=O.O. The maximum Gasteiger partial charge on any atom is 0.418 e. The number of likely N-dealkylation sites (tertiary alicyclic amines) is 4. The van der Waals surface area contributed by atoms with Gasteiger partial charge in [-0.1, -0.05) is 169 Å². The highest BCUT2D eigenvalue weighted by atomic mass is 35.5. The molecule has 0 spiro atoms. The summed E-state index contributed by atoms with van der Waals surface area (Å²) in [6, 6.07) is 55.2. The van der Waals surface area contributed by atoms with Crippen LogP contribution >= 0.6 is 23.2 Å². The van der Waals surface area contributed by atoms with Crippen molar-refractivity contribution in [2.24, 2.45) is 11.8 Å². The van der Waals surface area contributed by atoms with Gasteiger partial charge >= 0.3 is 11.9 Å². The highest BCUT2D eigenvalue weighted by Gasteiger charge is 2.59. The largest absolute Gasteiger partial charge is 0.446 e. The van der Waals surface area contributed by atoms with Gasteiger partial charge in [-0.2, -0.15) is 0 Å². The first-order chi connectivity index (χ1) is 36.7. The van der Waals surface area contributed by atoms with Crippen LogP contribution in [0, 0.1) is 11.8 Å². The van der Waals surface area contributed by atoms with Crippen molar-refractivity contribution in [3.63, 3.8) is 0 Å². The predicted octanol–water partition coefficient (Wildman–Crippen LogP) is 10.2. The van der Waals surface area contributed by atoms with Gasteiger partial charge in [-0.15, -0.1) is 0 Å². The molecule has 0 radical (unpaired) electrons. The summed E-state index contributed by atoms with van der Waals surface area (Å²) in [4.78, 5) is 67.7. The minimum atomic E-state index is -1.16. The van der Waals surface area contributed by atoms with Gasteiger partial charge in [0.1, 0.15) is 22.0 Å². The molecule has 11 nitrogen and oxygen atoms in total. The molecule has 402 valence electrons. The van der Waals surface area contributed by atoms with Crippen LogP contribution in [-0.4, -0.2) is 113 Å². The first-order valence-electron chi connectivity index (χ1n) is 27.0. The molecule has 6 aromatic rings. The Kier molecular flexibility index (Phi) is 16.5. The van der Waals surface area contributed by atoms with Crippen molar-refractivity contribution in [1.82, 2.24) is 19.6 Å². The highest BCUT2D eigenvalue weighted by molar-refractivity contribution is 6.31. The second-order valence-electron chi connectivity index (χ2n) is 22.0. The van der Waals surface area contributed by atoms with Crippen molar-refractivity contribution in [2.45, 2.75) is 87.5 Å². The summed E-state index contributed by atoms with van der Waals surface area (Å²) in [6.45, 7) is 12.9. The number of benzene rings is 6. The third-order valence-electron chi connectivity index (χ3n) is 17.2. The Bertz CT molecular complexity index is 2700. The first kappa shape index (κ1) is 55.4. The monoisotopic (exact) mass is 1080 g/mol. The van der Waals surface area contributed by atoms with E-state index in [-0.39, 0.29) is 41.2 Å². The molecule has 2 N–H and O–H groups in total. The molecule has 4 heterocycles. The molecule has 0 saturated carbocycles. The zero-order valence-corrected chi connectivity index (χ0v) is 46.0. The smallest absolute Gasteiger partial charge is 0.418 e. The van der Waals surface area contributed by atoms with E-state index in [2.05, 4.69) is 86.0 Å². The quantitative estimate of drug-likeness (QED) is 0.0779. The summed E-state index contributed by atoms with van der Waals surface area (Å²) in [5.74, 6) is -2.10. The van der Waals surface area contributed by atoms with Gasteiger partial charge in [-0.25, -0.2) is 9.59 Å². The molecule has 2 amide bonds. The van der Waals surface area contributed by atoms with Gasteiger partial charge < -0.3 is 34.5 Å². The fourth-order valence-electron chi connectivity index (χ4n) is 13.2. The molecule has 10 rings (SSSR count). The summed E-state index contributed by atoms with van der Waals surface area (Å²) in [6.07, 6.45) is 1.59. The molecular formula is C64H70Cl2N4O7. The lowest BCUT2D eigenvalue weighted by Crippen LogP contribution is -2.51. The van der Waals surface area contributed by atoms with Crippen LogP contribution in [0.25, 0.3) is 0 Å². The van der Waals surface area contributed by atoms with Gasteiger partial charge in [-0.05, 0) is 85.3 Å². The normalized spacial score (nSPS) is 21.0. The van der Waals surface area contributed by atoms with Crippen molar-refractivity contribution in [3.8, 4) is 0 Å². The molecule has 4 aliphatic heterocycles. The molecule has 4 saturated heterocycles. The fourth-order valence-corrected chi connectivity index (χ4v) is 13.5. The van der Waals surface area contributed by atoms with Crippen molar-refractivity contribution >= 4 is 47.0 Å². The zero-order valence-electron chi connectivity index (χ0n) is 44.5. The van der Waals surface area contributed by atoms with Crippen molar-refractivity contribution < 1.29 is 34.1 Å². The zero-order chi connectivity index (χ0) is 53.2. The van der Waals surface area contributed by atoms with Crippen LogP contribution in [0.5, 0.6) is 0 Å². The number of halogens is 2. The lowest BCUT2D eigenvalue weighted by Gasteiger charge is -2.44. The van der Waals surface area contributed by atoms with Crippen LogP contribution in [0.2, 0.25) is 10.0 Å². The fraction of sp³-hybridized carbons (Fsp3) is 0.375. The van der Waals surface area contributed by atoms with Gasteiger partial charge in [0.2, 0.25) is 11.8 Å². The van der Waals surface area contributed by atoms with Crippen LogP contribution in [0.4, 0.5) is 0 Å². The van der Waals surface area contributed by atoms with Crippen LogP contribution < -0.4 is 0 Å². The molecule has 4 aliphatic rings. The topological polar surface area (TPSA) is 131 Å². The number of hydrogen-bond donors (Lipinski definition) is 0. The Hall–Kier alpha value is -6.34. The number of amides is 2. The first-order valence-corrected chi connectivity index (χ1v) is 27.7. The molecular weight excluding hydrogens is 1010 g/mol. The van der Waals surface area contributed by atoms with Crippen LogP contribution in [0.1, 0.15) is 86.8 Å². The third-order valence-corrected chi connectivity index (χ3v) is 17.7. The molecule has 2 atom stereocenters. The predicted molar refractivity (Wildman–Crippen MR) is 301 cm³/mol. The Morgan fingerprint density at radius 3 is 0.987 bits per heavy atom. The highest BCUT2D eigenvalue weighted by Crippen LogP contribution is 2.50. The summed E-state index contributed by atoms with van der Waals surface area (Å²) >= 11 is 12.9. The standard InChI is InChI=1S/C64H68Cl2N4O6.H2O/c1-45(2)69-43-53(63(59(69)73,49-17-9-5-10-18-49)50-19-11-6-12-20-50)41-67-37-33-61(34-38-67,47-25-29-55(65)30-26-47)75-57(71)58(72)76-62(48-27-31-56(66)32-28-48)35-39-68(40-36-62)42-54-44-70(46(3)4)60(74)64(54,51-21-13-7-14-22-51)52-23-15-8-16-24-52;/h5-32,45-46,53-54H,33-44H2,1-4H3;1H2. The van der Waals surface area contributed by atoms with E-state index in [1.165, 1.54) is 0 Å². The summed E-state index contributed by atoms with van der Waals surface area (Å²) in [5, 5.41) is 1.08. The van der Waals surface area contributed by atoms with Gasteiger partial charge in [0.25, 0.3) is 0 Å². The number of ether oxygens (including phenoxy) is 2. The van der Waals surface area contributed by atoms with Crippen molar-refractivity contribution in [1.29, 1.82) is 0 Å². The Balaban J connectivity index is 0.00000722. The maximum absolute atomic E-state index is 14.9. The van der Waals surface area contributed by atoms with Crippen molar-refractivity contribution in [3.05, 3.63) is 213 Å². The number of esters is 2. The molecule has 0 aliphatic carbocycles. The number of piperidine rings is 2. The summed E-state index contributed by atoms with van der Waals surface area (Å²) in [5.41, 5.74) is 1.25. The van der Waals surface area contributed by atoms with Crippen LogP contribution in [-0.2, 0) is 50.7 Å². The molecule has 0 bridgehead atoms. The number of nitrogens with zero attached hydrogens (tertiary/aromatic N) is 4. The minimum absolute atomic E-state index is 0. The summed E-state index contributed by atoms with van der Waals surface area (Å²) in [7, 11) is 0. The van der Waals surface area contributed by atoms with E-state index >= 15 is 0 Å². The molecule has 4 fully saturated rings. The molecule has 6 aromatic carbocycles. The lowest BCUT2D eigenvalue weighted by molar-refractivity contribution is -0.193. The van der Waals surface area contributed by atoms with E-state index in [1.807, 2.05) is 107 Å². The van der Waals surface area contributed by atoms with Crippen LogP contribution in [0.3, 0.4) is 0 Å². The lowest BCUT2D eigenvalue weighted by atomic mass is 9.66. The summed E-state index contributed by atoms with van der Waals surface area (Å²) < 4.78 is 13.0. The Morgan fingerprint density at radius 2 is 0.727 bits per heavy atom. The maximum atomic E-state index is 14.9.